The lowest BCUT2D eigenvalue weighted by Crippen LogP contribution is -1.98. The number of hydrogen-bond donors (Lipinski definition) is 2. The number of nitrogen functional groups attached to an aromatic ring is 1. The zero-order valence-electron chi connectivity index (χ0n) is 12.5. The molecular weight excluding hydrogens is 288 g/mol. The number of hydrogen-bond acceptors (Lipinski definition) is 4. The number of anilines is 1. The van der Waals surface area contributed by atoms with Crippen LogP contribution in [0.2, 0.25) is 0 Å². The molecule has 3 N–H and O–H groups in total. The van der Waals surface area contributed by atoms with E-state index >= 15 is 0 Å². The molecule has 0 saturated carbocycles. The number of benzene rings is 2. The third-order valence-electron chi connectivity index (χ3n) is 4.08. The van der Waals surface area contributed by atoms with E-state index < -0.39 is 0 Å². The van der Waals surface area contributed by atoms with Crippen LogP contribution in [0.25, 0.3) is 21.8 Å². The summed E-state index contributed by atoms with van der Waals surface area (Å²) in [5.74, 6) is 0.289. The van der Waals surface area contributed by atoms with Crippen LogP contribution in [0, 0.1) is 0 Å². The molecule has 0 amide bonds. The van der Waals surface area contributed by atoms with Crippen LogP contribution in [-0.2, 0) is 13.2 Å². The smallest absolute Gasteiger partial charge is 0.220 e. The number of aliphatic hydroxyl groups is 1. The number of fused-ring (bicyclic) bond motifs is 3. The van der Waals surface area contributed by atoms with Gasteiger partial charge in [-0.3, -0.25) is 0 Å². The Hall–Kier alpha value is -2.92. The Kier molecular flexibility index (Phi) is 3.20. The monoisotopic (exact) mass is 304 g/mol. The van der Waals surface area contributed by atoms with Crippen LogP contribution in [0.1, 0.15) is 11.1 Å². The fourth-order valence-electron chi connectivity index (χ4n) is 2.87. The molecule has 2 aromatic carbocycles. The SMILES string of the molecule is Nc1ncc2ccc3c(ccn3Cc3ccc(CO)cc3)c2n1. The van der Waals surface area contributed by atoms with Gasteiger partial charge in [0.25, 0.3) is 0 Å². The van der Waals surface area contributed by atoms with Crippen molar-refractivity contribution in [1.82, 2.24) is 14.5 Å². The Bertz CT molecular complexity index is 989. The minimum Gasteiger partial charge on any atom is -0.392 e. The normalized spacial score (nSPS) is 11.3. The molecule has 0 radical (unpaired) electrons. The maximum Gasteiger partial charge on any atom is 0.220 e. The molecule has 2 aromatic heterocycles. The van der Waals surface area contributed by atoms with Gasteiger partial charge in [0.1, 0.15) is 0 Å². The van der Waals surface area contributed by atoms with E-state index in [4.69, 9.17) is 10.8 Å². The number of aromatic nitrogens is 3. The molecule has 0 atom stereocenters. The third-order valence-corrected chi connectivity index (χ3v) is 4.08. The Morgan fingerprint density at radius 3 is 2.57 bits per heavy atom. The predicted molar refractivity (Wildman–Crippen MR) is 90.9 cm³/mol. The number of aliphatic hydroxyl groups excluding tert-OH is 1. The van der Waals surface area contributed by atoms with Crippen molar-refractivity contribution in [2.45, 2.75) is 13.2 Å². The molecule has 0 bridgehead atoms. The van der Waals surface area contributed by atoms with Crippen LogP contribution in [0.5, 0.6) is 0 Å². The lowest BCUT2D eigenvalue weighted by Gasteiger charge is -2.07. The largest absolute Gasteiger partial charge is 0.392 e. The van der Waals surface area contributed by atoms with Crippen molar-refractivity contribution >= 4 is 27.8 Å². The van der Waals surface area contributed by atoms with Crippen LogP contribution >= 0.6 is 0 Å². The summed E-state index contributed by atoms with van der Waals surface area (Å²) in [6, 6.07) is 14.1. The quantitative estimate of drug-likeness (QED) is 0.610. The van der Waals surface area contributed by atoms with Crippen molar-refractivity contribution in [2.24, 2.45) is 0 Å². The maximum absolute atomic E-state index is 9.12. The summed E-state index contributed by atoms with van der Waals surface area (Å²) in [6.07, 6.45) is 3.81. The summed E-state index contributed by atoms with van der Waals surface area (Å²) < 4.78 is 2.18. The molecule has 0 saturated heterocycles. The molecule has 5 heteroatoms. The molecule has 0 aliphatic carbocycles. The summed E-state index contributed by atoms with van der Waals surface area (Å²) in [5, 5.41) is 11.2. The van der Waals surface area contributed by atoms with Gasteiger partial charge in [-0.1, -0.05) is 24.3 Å². The summed E-state index contributed by atoms with van der Waals surface area (Å²) in [5.41, 5.74) is 9.82. The number of rotatable bonds is 3. The molecule has 0 spiro atoms. The summed E-state index contributed by atoms with van der Waals surface area (Å²) in [4.78, 5) is 8.42. The third kappa shape index (κ3) is 2.41. The zero-order valence-corrected chi connectivity index (χ0v) is 12.5. The average molecular weight is 304 g/mol. The van der Waals surface area contributed by atoms with Crippen molar-refractivity contribution in [3.8, 4) is 0 Å². The van der Waals surface area contributed by atoms with E-state index in [0.29, 0.717) is 0 Å². The fraction of sp³-hybridized carbons (Fsp3) is 0.111. The van der Waals surface area contributed by atoms with Gasteiger partial charge in [0, 0.05) is 29.7 Å². The van der Waals surface area contributed by atoms with Crippen LogP contribution < -0.4 is 5.73 Å². The molecule has 114 valence electrons. The molecule has 0 aliphatic heterocycles. The Labute approximate surface area is 133 Å². The summed E-state index contributed by atoms with van der Waals surface area (Å²) >= 11 is 0. The highest BCUT2D eigenvalue weighted by Crippen LogP contribution is 2.25. The standard InChI is InChI=1S/C18H16N4O/c19-18-20-9-14-5-6-16-15(17(14)21-18)7-8-22(16)10-12-1-3-13(11-23)4-2-12/h1-9,23H,10-11H2,(H2,19,20,21). The molecule has 0 unspecified atom stereocenters. The van der Waals surface area contributed by atoms with Gasteiger partial charge in [-0.25, -0.2) is 9.97 Å². The van der Waals surface area contributed by atoms with Crippen molar-refractivity contribution in [2.75, 3.05) is 5.73 Å². The van der Waals surface area contributed by atoms with E-state index in [0.717, 1.165) is 33.9 Å². The van der Waals surface area contributed by atoms with Crippen molar-refractivity contribution in [3.63, 3.8) is 0 Å². The molecule has 23 heavy (non-hydrogen) atoms. The lowest BCUT2D eigenvalue weighted by molar-refractivity contribution is 0.282. The Balaban J connectivity index is 1.78. The first-order valence-corrected chi connectivity index (χ1v) is 7.43. The highest BCUT2D eigenvalue weighted by atomic mass is 16.3. The topological polar surface area (TPSA) is 77.0 Å². The molecule has 0 aliphatic rings. The first kappa shape index (κ1) is 13.7. The number of nitrogens with zero attached hydrogens (tertiary/aromatic N) is 3. The number of nitrogens with two attached hydrogens (primary N) is 1. The molecule has 0 fully saturated rings. The van der Waals surface area contributed by atoms with Gasteiger partial charge in [-0.2, -0.15) is 0 Å². The summed E-state index contributed by atoms with van der Waals surface area (Å²) in [7, 11) is 0. The van der Waals surface area contributed by atoms with E-state index in [1.165, 1.54) is 5.56 Å². The Morgan fingerprint density at radius 2 is 1.78 bits per heavy atom. The van der Waals surface area contributed by atoms with Gasteiger partial charge in [-0.15, -0.1) is 0 Å². The van der Waals surface area contributed by atoms with E-state index in [-0.39, 0.29) is 12.6 Å². The van der Waals surface area contributed by atoms with Gasteiger partial charge in [0.15, 0.2) is 0 Å². The predicted octanol–water partition coefficient (Wildman–Crippen LogP) is 2.71. The van der Waals surface area contributed by atoms with Crippen LogP contribution in [0.4, 0.5) is 5.95 Å². The maximum atomic E-state index is 9.12. The molecule has 4 rings (SSSR count). The lowest BCUT2D eigenvalue weighted by atomic mass is 10.1. The van der Waals surface area contributed by atoms with Crippen molar-refractivity contribution in [3.05, 3.63) is 66.0 Å². The Morgan fingerprint density at radius 1 is 1.00 bits per heavy atom. The first-order chi connectivity index (χ1) is 11.2. The van der Waals surface area contributed by atoms with E-state index in [1.807, 2.05) is 30.3 Å². The van der Waals surface area contributed by atoms with Gasteiger partial charge < -0.3 is 15.4 Å². The van der Waals surface area contributed by atoms with Crippen LogP contribution in [-0.4, -0.2) is 19.6 Å². The van der Waals surface area contributed by atoms with E-state index in [1.54, 1.807) is 6.20 Å². The minimum atomic E-state index is 0.0693. The van der Waals surface area contributed by atoms with Gasteiger partial charge in [0.05, 0.1) is 17.6 Å². The van der Waals surface area contributed by atoms with Gasteiger partial charge in [0.2, 0.25) is 5.95 Å². The van der Waals surface area contributed by atoms with Gasteiger partial charge >= 0.3 is 0 Å². The minimum absolute atomic E-state index is 0.0693. The average Bonchev–Trinajstić information content (AvgIpc) is 2.99. The zero-order chi connectivity index (χ0) is 15.8. The second-order valence-electron chi connectivity index (χ2n) is 5.58. The van der Waals surface area contributed by atoms with E-state index in [2.05, 4.69) is 32.9 Å². The fourth-order valence-corrected chi connectivity index (χ4v) is 2.87. The molecule has 5 nitrogen and oxygen atoms in total. The van der Waals surface area contributed by atoms with Gasteiger partial charge in [-0.05, 0) is 29.3 Å². The van der Waals surface area contributed by atoms with E-state index in [9.17, 15) is 0 Å². The highest BCUT2D eigenvalue weighted by molar-refractivity contribution is 6.04. The molecule has 2 heterocycles. The molecule has 4 aromatic rings. The van der Waals surface area contributed by atoms with Crippen LogP contribution in [0.3, 0.4) is 0 Å². The highest BCUT2D eigenvalue weighted by Gasteiger charge is 2.08. The molecular formula is C18H16N4O. The second-order valence-corrected chi connectivity index (χ2v) is 5.58. The van der Waals surface area contributed by atoms with Crippen LogP contribution in [0.15, 0.2) is 54.9 Å². The first-order valence-electron chi connectivity index (χ1n) is 7.43. The summed E-state index contributed by atoms with van der Waals surface area (Å²) in [6.45, 7) is 0.834. The van der Waals surface area contributed by atoms with Crippen molar-refractivity contribution in [1.29, 1.82) is 0 Å². The second kappa shape index (κ2) is 5.37. The van der Waals surface area contributed by atoms with Crippen molar-refractivity contribution < 1.29 is 5.11 Å².